The molecule has 2 amide bonds. The van der Waals surface area contributed by atoms with E-state index >= 15 is 0 Å². The van der Waals surface area contributed by atoms with Gasteiger partial charge in [0.2, 0.25) is 15.9 Å². The fourth-order valence-electron chi connectivity index (χ4n) is 2.22. The Balaban J connectivity index is 2.86. The summed E-state index contributed by atoms with van der Waals surface area (Å²) in [5, 5.41) is 13.6. The molecule has 0 saturated carbocycles. The first-order valence-electron chi connectivity index (χ1n) is 8.38. The van der Waals surface area contributed by atoms with E-state index in [0.29, 0.717) is 13.1 Å². The molecule has 1 aromatic carbocycles. The van der Waals surface area contributed by atoms with Crippen LogP contribution >= 0.6 is 0 Å². The first-order valence-corrected chi connectivity index (χ1v) is 9.82. The number of carbonyl (C=O) groups is 3. The molecule has 0 aliphatic carbocycles. The molecule has 0 heterocycles. The second-order valence-electron chi connectivity index (χ2n) is 6.28. The van der Waals surface area contributed by atoms with Crippen LogP contribution in [0.2, 0.25) is 0 Å². The Hall–Kier alpha value is -2.46. The monoisotopic (exact) mass is 399 g/mol. The molecule has 9 nitrogen and oxygen atoms in total. The summed E-state index contributed by atoms with van der Waals surface area (Å²) in [5.74, 6) is -2.53. The Morgan fingerprint density at radius 1 is 1.15 bits per heavy atom. The Labute approximate surface area is 158 Å². The van der Waals surface area contributed by atoms with Gasteiger partial charge in [-0.3, -0.25) is 9.59 Å². The van der Waals surface area contributed by atoms with Crippen LogP contribution in [0.4, 0.5) is 0 Å². The zero-order valence-corrected chi connectivity index (χ0v) is 16.6. The van der Waals surface area contributed by atoms with Gasteiger partial charge in [0.05, 0.1) is 11.4 Å². The van der Waals surface area contributed by atoms with Crippen LogP contribution in [0.5, 0.6) is 0 Å². The number of nitrogens with zero attached hydrogens (tertiary/aromatic N) is 1. The zero-order chi connectivity index (χ0) is 20.8. The number of aliphatic carboxylic acids is 1. The number of carbonyl (C=O) groups excluding carboxylic acids is 2. The molecular formula is C17H25N3O6S. The lowest BCUT2D eigenvalue weighted by Crippen LogP contribution is -2.52. The maximum atomic E-state index is 12.5. The predicted octanol–water partition coefficient (Wildman–Crippen LogP) is 0.426. The maximum absolute atomic E-state index is 12.5. The molecule has 27 heavy (non-hydrogen) atoms. The van der Waals surface area contributed by atoms with Crippen LogP contribution in [0.3, 0.4) is 0 Å². The van der Waals surface area contributed by atoms with Crippen molar-refractivity contribution < 1.29 is 27.9 Å². The molecule has 3 N–H and O–H groups in total. The van der Waals surface area contributed by atoms with E-state index in [2.05, 4.69) is 10.6 Å². The number of benzene rings is 1. The van der Waals surface area contributed by atoms with Gasteiger partial charge in [0.1, 0.15) is 5.54 Å². The summed E-state index contributed by atoms with van der Waals surface area (Å²) in [7, 11) is -3.71. The lowest BCUT2D eigenvalue weighted by atomic mass is 10.1. The number of sulfonamides is 1. The highest BCUT2D eigenvalue weighted by atomic mass is 32.2. The van der Waals surface area contributed by atoms with Crippen molar-refractivity contribution >= 4 is 27.8 Å². The van der Waals surface area contributed by atoms with Crippen molar-refractivity contribution in [3.05, 3.63) is 29.8 Å². The van der Waals surface area contributed by atoms with Gasteiger partial charge in [0.25, 0.3) is 5.91 Å². The Morgan fingerprint density at radius 3 is 2.26 bits per heavy atom. The lowest BCUT2D eigenvalue weighted by molar-refractivity contribution is -0.145. The van der Waals surface area contributed by atoms with E-state index in [-0.39, 0.29) is 10.5 Å². The normalized spacial score (nSPS) is 11.9. The van der Waals surface area contributed by atoms with E-state index in [1.165, 1.54) is 42.4 Å². The fourth-order valence-corrected chi connectivity index (χ4v) is 3.72. The van der Waals surface area contributed by atoms with Gasteiger partial charge in [-0.15, -0.1) is 0 Å². The van der Waals surface area contributed by atoms with Gasteiger partial charge in [0.15, 0.2) is 0 Å². The number of amides is 2. The number of nitrogens with one attached hydrogen (secondary N) is 2. The lowest BCUT2D eigenvalue weighted by Gasteiger charge is -2.21. The summed E-state index contributed by atoms with van der Waals surface area (Å²) in [6.07, 6.45) is 0. The molecule has 0 aliphatic heterocycles. The van der Waals surface area contributed by atoms with E-state index in [4.69, 9.17) is 5.11 Å². The minimum atomic E-state index is -3.71. The van der Waals surface area contributed by atoms with Crippen molar-refractivity contribution in [2.45, 2.75) is 38.1 Å². The van der Waals surface area contributed by atoms with Crippen LogP contribution in [0.15, 0.2) is 29.2 Å². The van der Waals surface area contributed by atoms with Crippen molar-refractivity contribution in [3.8, 4) is 0 Å². The highest BCUT2D eigenvalue weighted by Crippen LogP contribution is 2.17. The minimum absolute atomic E-state index is 0.0182. The third-order valence-corrected chi connectivity index (χ3v) is 5.88. The molecular weight excluding hydrogens is 374 g/mol. The van der Waals surface area contributed by atoms with Crippen molar-refractivity contribution in [3.63, 3.8) is 0 Å². The van der Waals surface area contributed by atoms with E-state index in [1.807, 2.05) is 0 Å². The molecule has 1 rings (SSSR count). The van der Waals surface area contributed by atoms with Crippen LogP contribution < -0.4 is 10.6 Å². The van der Waals surface area contributed by atoms with Crippen LogP contribution in [-0.4, -0.2) is 60.8 Å². The Bertz CT molecular complexity index is 816. The summed E-state index contributed by atoms with van der Waals surface area (Å²) in [6.45, 7) is 6.23. The SMILES string of the molecule is CCN(CC)S(=O)(=O)c1cccc(C(=O)NCC(=O)NC(C)(C)C(=O)O)c1. The number of hydrogen-bond donors (Lipinski definition) is 3. The van der Waals surface area contributed by atoms with E-state index in [9.17, 15) is 22.8 Å². The highest BCUT2D eigenvalue weighted by molar-refractivity contribution is 7.89. The topological polar surface area (TPSA) is 133 Å². The number of carboxylic acids is 1. The predicted molar refractivity (Wildman–Crippen MR) is 98.7 cm³/mol. The average molecular weight is 399 g/mol. The average Bonchev–Trinajstić information content (AvgIpc) is 2.60. The molecule has 0 fully saturated rings. The molecule has 0 saturated heterocycles. The van der Waals surface area contributed by atoms with Gasteiger partial charge in [-0.05, 0) is 32.0 Å². The van der Waals surface area contributed by atoms with Gasteiger partial charge in [0, 0.05) is 18.7 Å². The molecule has 0 bridgehead atoms. The van der Waals surface area contributed by atoms with Gasteiger partial charge in [-0.2, -0.15) is 4.31 Å². The van der Waals surface area contributed by atoms with Gasteiger partial charge >= 0.3 is 5.97 Å². The van der Waals surface area contributed by atoms with Gasteiger partial charge in [-0.1, -0.05) is 19.9 Å². The summed E-state index contributed by atoms with van der Waals surface area (Å²) in [5.41, 5.74) is -1.40. The third-order valence-electron chi connectivity index (χ3n) is 3.84. The summed E-state index contributed by atoms with van der Waals surface area (Å²) >= 11 is 0. The number of hydrogen-bond acceptors (Lipinski definition) is 5. The highest BCUT2D eigenvalue weighted by Gasteiger charge is 2.29. The van der Waals surface area contributed by atoms with E-state index in [0.717, 1.165) is 0 Å². The molecule has 0 atom stereocenters. The zero-order valence-electron chi connectivity index (χ0n) is 15.8. The molecule has 0 spiro atoms. The van der Waals surface area contributed by atoms with E-state index < -0.39 is 39.9 Å². The van der Waals surface area contributed by atoms with Gasteiger partial charge in [-0.25, -0.2) is 13.2 Å². The number of carboxylic acid groups (broad SMARTS) is 1. The van der Waals surface area contributed by atoms with Gasteiger partial charge < -0.3 is 15.7 Å². The first-order chi connectivity index (χ1) is 12.5. The van der Waals surface area contributed by atoms with Crippen molar-refractivity contribution in [2.75, 3.05) is 19.6 Å². The largest absolute Gasteiger partial charge is 0.480 e. The number of rotatable bonds is 9. The molecule has 0 unspecified atom stereocenters. The summed E-state index contributed by atoms with van der Waals surface area (Å²) in [4.78, 5) is 35.0. The maximum Gasteiger partial charge on any atom is 0.328 e. The second kappa shape index (κ2) is 8.96. The second-order valence-corrected chi connectivity index (χ2v) is 8.22. The molecule has 10 heteroatoms. The Morgan fingerprint density at radius 2 is 1.74 bits per heavy atom. The van der Waals surface area contributed by atoms with Crippen LogP contribution in [0.25, 0.3) is 0 Å². The minimum Gasteiger partial charge on any atom is -0.480 e. The van der Waals surface area contributed by atoms with Crippen molar-refractivity contribution in [1.82, 2.24) is 14.9 Å². The first kappa shape index (κ1) is 22.6. The van der Waals surface area contributed by atoms with Crippen molar-refractivity contribution in [1.29, 1.82) is 0 Å². The van der Waals surface area contributed by atoms with Crippen LogP contribution in [-0.2, 0) is 19.6 Å². The molecule has 0 aromatic heterocycles. The van der Waals surface area contributed by atoms with E-state index in [1.54, 1.807) is 13.8 Å². The third kappa shape index (κ3) is 5.76. The fraction of sp³-hybridized carbons (Fsp3) is 0.471. The molecule has 0 radical (unpaired) electrons. The smallest absolute Gasteiger partial charge is 0.328 e. The Kier molecular flexibility index (Phi) is 7.49. The summed E-state index contributed by atoms with van der Waals surface area (Å²) in [6, 6.07) is 5.50. The molecule has 0 aliphatic rings. The molecule has 150 valence electrons. The quantitative estimate of drug-likeness (QED) is 0.551. The van der Waals surface area contributed by atoms with Crippen LogP contribution in [0.1, 0.15) is 38.1 Å². The standard InChI is InChI=1S/C17H25N3O6S/c1-5-20(6-2)27(25,26)13-9-7-8-12(10-13)15(22)18-11-14(21)19-17(3,4)16(23)24/h7-10H,5-6,11H2,1-4H3,(H,18,22)(H,19,21)(H,23,24). The molecule has 1 aromatic rings. The summed E-state index contributed by atoms with van der Waals surface area (Å²) < 4.78 is 26.3. The van der Waals surface area contributed by atoms with Crippen molar-refractivity contribution in [2.24, 2.45) is 0 Å². The van der Waals surface area contributed by atoms with Crippen LogP contribution in [0, 0.1) is 0 Å².